The van der Waals surface area contributed by atoms with Crippen molar-refractivity contribution in [3.8, 4) is 17.1 Å². The van der Waals surface area contributed by atoms with Gasteiger partial charge in [0, 0.05) is 24.0 Å². The van der Waals surface area contributed by atoms with Crippen LogP contribution < -0.4 is 4.74 Å². The summed E-state index contributed by atoms with van der Waals surface area (Å²) in [5.74, 6) is 1.11. The fraction of sp³-hybridized carbons (Fsp3) is 0.368. The molecule has 0 unspecified atom stereocenters. The maximum absolute atomic E-state index is 12.0. The zero-order chi connectivity index (χ0) is 18.1. The lowest BCUT2D eigenvalue weighted by Crippen LogP contribution is -2.02. The fourth-order valence-electron chi connectivity index (χ4n) is 2.24. The van der Waals surface area contributed by atoms with E-state index in [1.165, 1.54) is 12.8 Å². The lowest BCUT2D eigenvalue weighted by molar-refractivity contribution is -0.0801. The maximum atomic E-state index is 12.0. The summed E-state index contributed by atoms with van der Waals surface area (Å²) in [6.07, 6.45) is 4.95. The molecular formula is C19H21F3N2O. The van der Waals surface area contributed by atoms with Crippen LogP contribution in [0.3, 0.4) is 0 Å². The van der Waals surface area contributed by atoms with E-state index in [0.717, 1.165) is 30.0 Å². The Morgan fingerprint density at radius 3 is 2.32 bits per heavy atom. The van der Waals surface area contributed by atoms with Gasteiger partial charge in [0.2, 0.25) is 0 Å². The third-order valence-corrected chi connectivity index (χ3v) is 3.54. The molecule has 0 bridgehead atoms. The summed E-state index contributed by atoms with van der Waals surface area (Å²) >= 11 is 0. The van der Waals surface area contributed by atoms with Crippen molar-refractivity contribution in [3.05, 3.63) is 54.4 Å². The molecule has 134 valence electrons. The second kappa shape index (κ2) is 9.20. The van der Waals surface area contributed by atoms with Crippen molar-refractivity contribution in [3.63, 3.8) is 0 Å². The van der Waals surface area contributed by atoms with Gasteiger partial charge in [0.1, 0.15) is 12.4 Å². The van der Waals surface area contributed by atoms with E-state index >= 15 is 0 Å². The first kappa shape index (κ1) is 19.0. The van der Waals surface area contributed by atoms with Crippen molar-refractivity contribution < 1.29 is 17.9 Å². The van der Waals surface area contributed by atoms with Crippen molar-refractivity contribution in [2.75, 3.05) is 6.61 Å². The lowest BCUT2D eigenvalue weighted by atomic mass is 10.1. The second-order valence-corrected chi connectivity index (χ2v) is 5.65. The number of halogens is 3. The Morgan fingerprint density at radius 1 is 1.04 bits per heavy atom. The van der Waals surface area contributed by atoms with Crippen molar-refractivity contribution in [1.29, 1.82) is 0 Å². The van der Waals surface area contributed by atoms with Crippen LogP contribution in [0.25, 0.3) is 11.4 Å². The molecule has 25 heavy (non-hydrogen) atoms. The summed E-state index contributed by atoms with van der Waals surface area (Å²) in [4.78, 5) is 8.74. The predicted octanol–water partition coefficient (Wildman–Crippen LogP) is 5.37. The smallest absolute Gasteiger partial charge is 0.409 e. The van der Waals surface area contributed by atoms with Gasteiger partial charge in [-0.1, -0.05) is 19.8 Å². The van der Waals surface area contributed by atoms with Crippen LogP contribution >= 0.6 is 0 Å². The minimum absolute atomic E-state index is 0.137. The molecule has 0 aliphatic carbocycles. The molecule has 0 aliphatic heterocycles. The van der Waals surface area contributed by atoms with E-state index in [2.05, 4.69) is 16.9 Å². The highest BCUT2D eigenvalue weighted by atomic mass is 19.4. The molecule has 0 fully saturated rings. The summed E-state index contributed by atoms with van der Waals surface area (Å²) in [6.45, 7) is 2.03. The van der Waals surface area contributed by atoms with E-state index in [-0.39, 0.29) is 12.7 Å². The molecule has 1 heterocycles. The van der Waals surface area contributed by atoms with Crippen molar-refractivity contribution in [2.45, 2.75) is 38.8 Å². The van der Waals surface area contributed by atoms with E-state index in [1.807, 2.05) is 12.4 Å². The summed E-state index contributed by atoms with van der Waals surface area (Å²) < 4.78 is 41.2. The summed E-state index contributed by atoms with van der Waals surface area (Å²) in [5, 5.41) is 0. The Labute approximate surface area is 145 Å². The van der Waals surface area contributed by atoms with Crippen LogP contribution in [0, 0.1) is 0 Å². The second-order valence-electron chi connectivity index (χ2n) is 5.65. The molecule has 0 atom stereocenters. The Hall–Kier alpha value is -2.37. The Kier molecular flexibility index (Phi) is 6.98. The molecule has 0 aliphatic rings. The third-order valence-electron chi connectivity index (χ3n) is 3.54. The molecular weight excluding hydrogens is 329 g/mol. The van der Waals surface area contributed by atoms with Crippen molar-refractivity contribution >= 4 is 0 Å². The number of unbranched alkanes of at least 4 members (excludes halogenated alkanes) is 2. The van der Waals surface area contributed by atoms with Crippen molar-refractivity contribution in [2.24, 2.45) is 0 Å². The number of hydrogen-bond donors (Lipinski definition) is 0. The number of rotatable bonds is 8. The molecule has 2 rings (SSSR count). The molecule has 1 aromatic heterocycles. The molecule has 0 radical (unpaired) electrons. The van der Waals surface area contributed by atoms with Gasteiger partial charge in [-0.05, 0) is 48.7 Å². The highest BCUT2D eigenvalue weighted by molar-refractivity contribution is 5.55. The number of allylic oxidation sites excluding steroid dienone is 1. The largest absolute Gasteiger partial charge is 0.490 e. The van der Waals surface area contributed by atoms with E-state index in [4.69, 9.17) is 4.74 Å². The SMILES string of the molecule is CCCCCc1cnc(-c2ccc(OC/C=C/C(F)(F)F)cc2)nc1. The van der Waals surface area contributed by atoms with Crippen LogP contribution in [0.15, 0.2) is 48.8 Å². The van der Waals surface area contributed by atoms with Crippen LogP contribution in [0.5, 0.6) is 5.75 Å². The van der Waals surface area contributed by atoms with E-state index < -0.39 is 6.18 Å². The van der Waals surface area contributed by atoms with Gasteiger partial charge in [-0.25, -0.2) is 9.97 Å². The number of aryl methyl sites for hydroxylation is 1. The molecule has 1 aromatic carbocycles. The molecule has 0 N–H and O–H groups in total. The van der Waals surface area contributed by atoms with Crippen LogP contribution in [-0.4, -0.2) is 22.8 Å². The highest BCUT2D eigenvalue weighted by Crippen LogP contribution is 2.20. The Morgan fingerprint density at radius 2 is 1.72 bits per heavy atom. The van der Waals surface area contributed by atoms with E-state index in [0.29, 0.717) is 11.6 Å². The molecule has 0 spiro atoms. The third kappa shape index (κ3) is 6.95. The van der Waals surface area contributed by atoms with Gasteiger partial charge in [0.25, 0.3) is 0 Å². The van der Waals surface area contributed by atoms with Crippen LogP contribution in [-0.2, 0) is 6.42 Å². The van der Waals surface area contributed by atoms with Gasteiger partial charge in [0.15, 0.2) is 5.82 Å². The first-order chi connectivity index (χ1) is 12.0. The highest BCUT2D eigenvalue weighted by Gasteiger charge is 2.21. The summed E-state index contributed by atoms with van der Waals surface area (Å²) in [7, 11) is 0. The molecule has 2 aromatic rings. The number of benzene rings is 1. The van der Waals surface area contributed by atoms with E-state index in [9.17, 15) is 13.2 Å². The molecule has 3 nitrogen and oxygen atoms in total. The van der Waals surface area contributed by atoms with E-state index in [1.54, 1.807) is 24.3 Å². The predicted molar refractivity (Wildman–Crippen MR) is 91.4 cm³/mol. The zero-order valence-corrected chi connectivity index (χ0v) is 14.1. The Balaban J connectivity index is 1.90. The number of alkyl halides is 3. The first-order valence-corrected chi connectivity index (χ1v) is 8.26. The first-order valence-electron chi connectivity index (χ1n) is 8.26. The van der Waals surface area contributed by atoms with Gasteiger partial charge >= 0.3 is 6.18 Å². The van der Waals surface area contributed by atoms with Gasteiger partial charge in [-0.15, -0.1) is 0 Å². The minimum atomic E-state index is -4.31. The fourth-order valence-corrected chi connectivity index (χ4v) is 2.24. The average molecular weight is 350 g/mol. The van der Waals surface area contributed by atoms with Gasteiger partial charge in [-0.2, -0.15) is 13.2 Å². The monoisotopic (exact) mass is 350 g/mol. The summed E-state index contributed by atoms with van der Waals surface area (Å²) in [6, 6.07) is 6.95. The lowest BCUT2D eigenvalue weighted by Gasteiger charge is -2.06. The quantitative estimate of drug-likeness (QED) is 0.474. The van der Waals surface area contributed by atoms with Crippen LogP contribution in [0.2, 0.25) is 0 Å². The number of aromatic nitrogens is 2. The molecule has 0 amide bonds. The minimum Gasteiger partial charge on any atom is -0.490 e. The molecule has 0 saturated heterocycles. The van der Waals surface area contributed by atoms with Gasteiger partial charge < -0.3 is 4.74 Å². The molecule has 6 heteroatoms. The van der Waals surface area contributed by atoms with Crippen LogP contribution in [0.1, 0.15) is 31.7 Å². The van der Waals surface area contributed by atoms with Gasteiger partial charge in [-0.3, -0.25) is 0 Å². The zero-order valence-electron chi connectivity index (χ0n) is 14.1. The number of ether oxygens (including phenoxy) is 1. The molecule has 0 saturated carbocycles. The number of hydrogen-bond acceptors (Lipinski definition) is 3. The summed E-state index contributed by atoms with van der Waals surface area (Å²) in [5.41, 5.74) is 1.95. The standard InChI is InChI=1S/C19H21F3N2O/c1-2-3-4-6-15-13-23-18(24-14-15)16-7-9-17(10-8-16)25-12-5-11-19(20,21)22/h5,7-11,13-14H,2-4,6,12H2,1H3/b11-5+. The van der Waals surface area contributed by atoms with Gasteiger partial charge in [0.05, 0.1) is 0 Å². The average Bonchev–Trinajstić information content (AvgIpc) is 2.59. The maximum Gasteiger partial charge on any atom is 0.409 e. The topological polar surface area (TPSA) is 35.0 Å². The Bertz CT molecular complexity index is 665. The number of nitrogens with zero attached hydrogens (tertiary/aromatic N) is 2. The normalized spacial score (nSPS) is 11.8. The van der Waals surface area contributed by atoms with Crippen LogP contribution in [0.4, 0.5) is 13.2 Å². The van der Waals surface area contributed by atoms with Crippen molar-refractivity contribution in [1.82, 2.24) is 9.97 Å².